The minimum atomic E-state index is -3.65. The van der Waals surface area contributed by atoms with Crippen molar-refractivity contribution in [3.05, 3.63) is 59.2 Å². The fourth-order valence-corrected chi connectivity index (χ4v) is 8.05. The Bertz CT molecular complexity index is 1260. The van der Waals surface area contributed by atoms with E-state index in [0.717, 1.165) is 30.6 Å². The van der Waals surface area contributed by atoms with Gasteiger partial charge in [0, 0.05) is 17.6 Å². The summed E-state index contributed by atoms with van der Waals surface area (Å²) in [7, 11) is -2.06. The summed E-state index contributed by atoms with van der Waals surface area (Å²) in [5.74, 6) is 1.08. The van der Waals surface area contributed by atoms with E-state index in [1.807, 2.05) is 63.4 Å². The van der Waals surface area contributed by atoms with Gasteiger partial charge < -0.3 is 14.8 Å². The lowest BCUT2D eigenvalue weighted by Crippen LogP contribution is -2.50. The lowest BCUT2D eigenvalue weighted by Gasteiger charge is -2.36. The third-order valence-electron chi connectivity index (χ3n) is 7.64. The molecular weight excluding hydrogens is 556 g/mol. The average molecular weight is 605 g/mol. The van der Waals surface area contributed by atoms with Crippen LogP contribution in [0.2, 0.25) is 0 Å². The summed E-state index contributed by atoms with van der Waals surface area (Å²) in [6.45, 7) is 10.0. The van der Waals surface area contributed by atoms with Crippen molar-refractivity contribution in [2.24, 2.45) is 0 Å². The van der Waals surface area contributed by atoms with Gasteiger partial charge in [0.15, 0.2) is 9.84 Å². The van der Waals surface area contributed by atoms with Crippen molar-refractivity contribution >= 4 is 27.6 Å². The van der Waals surface area contributed by atoms with Crippen LogP contribution in [0.1, 0.15) is 89.5 Å². The normalized spacial score (nSPS) is 21.0. The number of fused-ring (bicyclic) bond motifs is 1. The largest absolute Gasteiger partial charge is 0.496 e. The van der Waals surface area contributed by atoms with Crippen molar-refractivity contribution < 1.29 is 22.7 Å². The number of nitrogens with one attached hydrogen (secondary N) is 2. The number of thioether (sulfide) groups is 1. The summed E-state index contributed by atoms with van der Waals surface area (Å²) in [5.41, 5.74) is 1.23. The number of ether oxygens (including phenoxy) is 2. The molecule has 2 N–H and O–H groups in total. The molecule has 7 nitrogen and oxygen atoms in total. The van der Waals surface area contributed by atoms with E-state index in [2.05, 4.69) is 24.5 Å². The summed E-state index contributed by atoms with van der Waals surface area (Å²) < 4.78 is 39.7. The number of unbranched alkanes of at least 4 members (excludes halogenated alkanes) is 1. The molecule has 0 fully saturated rings. The number of sulfone groups is 1. The fourth-order valence-electron chi connectivity index (χ4n) is 5.40. The highest BCUT2D eigenvalue weighted by atomic mass is 32.2. The van der Waals surface area contributed by atoms with Crippen LogP contribution in [0.3, 0.4) is 0 Å². The quantitative estimate of drug-likeness (QED) is 0.267. The molecular formula is C32H48N2O5S2. The molecule has 228 valence electrons. The second kappa shape index (κ2) is 14.4. The Morgan fingerprint density at radius 2 is 1.90 bits per heavy atom. The van der Waals surface area contributed by atoms with Gasteiger partial charge in [-0.25, -0.2) is 8.42 Å². The molecule has 0 spiro atoms. The Hall–Kier alpha value is -2.07. The maximum absolute atomic E-state index is 14.1. The first kappa shape index (κ1) is 33.4. The third-order valence-corrected chi connectivity index (χ3v) is 10.2. The van der Waals surface area contributed by atoms with Crippen LogP contribution in [-0.2, 0) is 25.9 Å². The van der Waals surface area contributed by atoms with Gasteiger partial charge in [-0.15, -0.1) is 0 Å². The van der Waals surface area contributed by atoms with Gasteiger partial charge in [-0.3, -0.25) is 10.1 Å². The summed E-state index contributed by atoms with van der Waals surface area (Å²) >= 11 is 1.66. The van der Waals surface area contributed by atoms with Crippen LogP contribution in [0.15, 0.2) is 47.4 Å². The zero-order valence-electron chi connectivity index (χ0n) is 25.7. The van der Waals surface area contributed by atoms with Crippen molar-refractivity contribution in [2.75, 3.05) is 24.9 Å². The van der Waals surface area contributed by atoms with Crippen LogP contribution in [0.4, 0.5) is 0 Å². The molecule has 0 aliphatic carbocycles. The van der Waals surface area contributed by atoms with E-state index in [9.17, 15) is 13.2 Å². The van der Waals surface area contributed by atoms with Gasteiger partial charge in [0.1, 0.15) is 17.4 Å². The van der Waals surface area contributed by atoms with Crippen molar-refractivity contribution in [3.63, 3.8) is 0 Å². The van der Waals surface area contributed by atoms with E-state index >= 15 is 0 Å². The fraction of sp³-hybridized carbons (Fsp3) is 0.594. The van der Waals surface area contributed by atoms with E-state index < -0.39 is 27.0 Å². The minimum Gasteiger partial charge on any atom is -0.496 e. The second-order valence-corrected chi connectivity index (χ2v) is 14.9. The Morgan fingerprint density at radius 1 is 1.20 bits per heavy atom. The molecule has 1 aliphatic heterocycles. The number of esters is 1. The van der Waals surface area contributed by atoms with Gasteiger partial charge in [0.05, 0.1) is 23.8 Å². The Balaban J connectivity index is 2.08. The van der Waals surface area contributed by atoms with Gasteiger partial charge in [0.25, 0.3) is 0 Å². The molecule has 0 amide bonds. The van der Waals surface area contributed by atoms with Crippen LogP contribution >= 0.6 is 11.8 Å². The van der Waals surface area contributed by atoms with E-state index in [4.69, 9.17) is 9.47 Å². The highest BCUT2D eigenvalue weighted by molar-refractivity contribution is 7.98. The van der Waals surface area contributed by atoms with Crippen LogP contribution in [0.5, 0.6) is 5.75 Å². The zero-order valence-corrected chi connectivity index (χ0v) is 27.3. The summed E-state index contributed by atoms with van der Waals surface area (Å²) in [5, 5.41) is 7.15. The molecule has 9 heteroatoms. The van der Waals surface area contributed by atoms with Crippen molar-refractivity contribution in [1.82, 2.24) is 10.6 Å². The zero-order chi connectivity index (χ0) is 30.3. The first-order valence-corrected chi connectivity index (χ1v) is 17.6. The molecule has 0 bridgehead atoms. The summed E-state index contributed by atoms with van der Waals surface area (Å²) in [6, 6.07) is 12.8. The molecule has 0 saturated heterocycles. The number of carbonyl (C=O) groups is 1. The Labute approximate surface area is 251 Å². The van der Waals surface area contributed by atoms with Crippen LogP contribution in [0, 0.1) is 0 Å². The van der Waals surface area contributed by atoms with Crippen molar-refractivity contribution in [1.29, 1.82) is 0 Å². The molecule has 0 saturated carbocycles. The number of carbonyl (C=O) groups excluding carboxylic acids is 1. The smallest absolute Gasteiger partial charge is 0.323 e. The van der Waals surface area contributed by atoms with Crippen molar-refractivity contribution in [3.8, 4) is 5.75 Å². The van der Waals surface area contributed by atoms with Gasteiger partial charge >= 0.3 is 5.97 Å². The molecule has 0 unspecified atom stereocenters. The first-order chi connectivity index (χ1) is 19.4. The highest BCUT2D eigenvalue weighted by Gasteiger charge is 2.42. The molecule has 3 rings (SSSR count). The number of methoxy groups -OCH3 is 1. The molecule has 2 aromatic carbocycles. The van der Waals surface area contributed by atoms with Crippen LogP contribution in [-0.4, -0.2) is 56.4 Å². The van der Waals surface area contributed by atoms with Crippen LogP contribution < -0.4 is 15.4 Å². The topological polar surface area (TPSA) is 93.7 Å². The number of hydrogen-bond acceptors (Lipinski definition) is 8. The Morgan fingerprint density at radius 3 is 2.49 bits per heavy atom. The molecule has 0 radical (unpaired) electrons. The maximum atomic E-state index is 14.1. The van der Waals surface area contributed by atoms with Crippen LogP contribution in [0.25, 0.3) is 0 Å². The van der Waals surface area contributed by atoms with E-state index in [1.165, 1.54) is 0 Å². The molecule has 1 heterocycles. The van der Waals surface area contributed by atoms with E-state index in [1.54, 1.807) is 24.9 Å². The van der Waals surface area contributed by atoms with E-state index in [0.29, 0.717) is 34.6 Å². The number of benzene rings is 2. The molecule has 3 atom stereocenters. The number of hydrogen-bond donors (Lipinski definition) is 2. The van der Waals surface area contributed by atoms with E-state index in [-0.39, 0.29) is 24.3 Å². The predicted octanol–water partition coefficient (Wildman–Crippen LogP) is 6.05. The third kappa shape index (κ3) is 8.72. The maximum Gasteiger partial charge on any atom is 0.323 e. The number of rotatable bonds is 13. The molecule has 41 heavy (non-hydrogen) atoms. The van der Waals surface area contributed by atoms with Crippen molar-refractivity contribution in [2.45, 2.75) is 101 Å². The highest BCUT2D eigenvalue weighted by Crippen LogP contribution is 2.41. The van der Waals surface area contributed by atoms with Gasteiger partial charge in [-0.05, 0) is 75.3 Å². The summed E-state index contributed by atoms with van der Waals surface area (Å²) in [6.07, 6.45) is 6.00. The van der Waals surface area contributed by atoms with Gasteiger partial charge in [0.2, 0.25) is 0 Å². The van der Waals surface area contributed by atoms with Gasteiger partial charge in [-0.1, -0.05) is 57.0 Å². The first-order valence-electron chi connectivity index (χ1n) is 14.6. The second-order valence-electron chi connectivity index (χ2n) is 11.9. The molecule has 1 aliphatic rings. The molecule has 2 aromatic rings. The standard InChI is InChI=1S/C32H48N2O5S2/c1-8-10-17-32(9-2)22-41(36,37)28-19-24(21-33-26(16-18-40-7)30(35)39-31(3,4)5)27(38-6)20-25(28)29(34-32)23-14-12-11-13-15-23/h11-15,19-20,26,29,33-34H,8-10,16-18,21-22H2,1-7H3/t26-,29+,32+/m0/s1. The lowest BCUT2D eigenvalue weighted by molar-refractivity contribution is -0.157. The molecule has 0 aromatic heterocycles. The predicted molar refractivity (Wildman–Crippen MR) is 168 cm³/mol. The lowest BCUT2D eigenvalue weighted by atomic mass is 9.88. The average Bonchev–Trinajstić information content (AvgIpc) is 3.02. The Kier molecular flexibility index (Phi) is 11.7. The minimum absolute atomic E-state index is 0.0281. The SMILES string of the molecule is CCCC[C@]1(CC)CS(=O)(=O)c2cc(CN[C@@H](CCSC)C(=O)OC(C)(C)C)c(OC)cc2[C@@H](c2ccccc2)N1. The summed E-state index contributed by atoms with van der Waals surface area (Å²) in [4.78, 5) is 13.3. The van der Waals surface area contributed by atoms with Gasteiger partial charge in [-0.2, -0.15) is 11.8 Å². The monoisotopic (exact) mass is 604 g/mol.